The van der Waals surface area contributed by atoms with Crippen LogP contribution in [0.1, 0.15) is 36.1 Å². The van der Waals surface area contributed by atoms with Gasteiger partial charge in [-0.1, -0.05) is 36.4 Å². The van der Waals surface area contributed by atoms with E-state index < -0.39 is 0 Å². The van der Waals surface area contributed by atoms with Gasteiger partial charge in [0.2, 0.25) is 0 Å². The molecule has 0 amide bonds. The van der Waals surface area contributed by atoms with Crippen LogP contribution in [0.5, 0.6) is 0 Å². The van der Waals surface area contributed by atoms with Crippen molar-refractivity contribution in [3.63, 3.8) is 0 Å². The van der Waals surface area contributed by atoms with Gasteiger partial charge in [0, 0.05) is 36.9 Å². The fraction of sp³-hybridized carbons (Fsp3) is 0.320. The largest absolute Gasteiger partial charge is 0.355 e. The summed E-state index contributed by atoms with van der Waals surface area (Å²) < 4.78 is 2.48. The quantitative estimate of drug-likeness (QED) is 0.452. The molecule has 0 N–H and O–H groups in total. The first-order chi connectivity index (χ1) is 13.7. The first-order valence-corrected chi connectivity index (χ1v) is 10.4. The van der Waals surface area contributed by atoms with Crippen molar-refractivity contribution in [3.05, 3.63) is 71.5 Å². The number of benzene rings is 2. The molecule has 5 rings (SSSR count). The second-order valence-corrected chi connectivity index (χ2v) is 8.06. The van der Waals surface area contributed by atoms with Crippen molar-refractivity contribution in [2.24, 2.45) is 0 Å². The minimum absolute atomic E-state index is 0.882. The van der Waals surface area contributed by atoms with Gasteiger partial charge >= 0.3 is 0 Å². The Kier molecular flexibility index (Phi) is 4.31. The second-order valence-electron chi connectivity index (χ2n) is 8.06. The lowest BCUT2D eigenvalue weighted by Crippen LogP contribution is -2.30. The summed E-state index contributed by atoms with van der Waals surface area (Å²) in [5.41, 5.74) is 5.35. The Morgan fingerprint density at radius 1 is 0.893 bits per heavy atom. The fourth-order valence-electron chi connectivity index (χ4n) is 4.63. The third kappa shape index (κ3) is 2.86. The number of anilines is 1. The van der Waals surface area contributed by atoms with Gasteiger partial charge in [0.05, 0.1) is 5.52 Å². The third-order valence-corrected chi connectivity index (χ3v) is 6.34. The van der Waals surface area contributed by atoms with E-state index in [2.05, 4.69) is 71.8 Å². The minimum Gasteiger partial charge on any atom is -0.355 e. The van der Waals surface area contributed by atoms with E-state index in [0.717, 1.165) is 25.5 Å². The van der Waals surface area contributed by atoms with E-state index in [1.165, 1.54) is 57.8 Å². The van der Waals surface area contributed by atoms with Gasteiger partial charge in [-0.05, 0) is 67.1 Å². The van der Waals surface area contributed by atoms with Crippen LogP contribution >= 0.6 is 0 Å². The summed E-state index contributed by atoms with van der Waals surface area (Å²) in [4.78, 5) is 7.33. The van der Waals surface area contributed by atoms with Gasteiger partial charge in [-0.25, -0.2) is 4.98 Å². The minimum atomic E-state index is 0.882. The van der Waals surface area contributed by atoms with Gasteiger partial charge in [-0.3, -0.25) is 0 Å². The van der Waals surface area contributed by atoms with Gasteiger partial charge in [0.25, 0.3) is 0 Å². The molecule has 0 aliphatic carbocycles. The van der Waals surface area contributed by atoms with Crippen molar-refractivity contribution < 1.29 is 0 Å². The van der Waals surface area contributed by atoms with E-state index in [1.54, 1.807) is 0 Å². The zero-order chi connectivity index (χ0) is 19.1. The Morgan fingerprint density at radius 3 is 2.50 bits per heavy atom. The molecule has 0 radical (unpaired) electrons. The molecule has 1 aliphatic rings. The van der Waals surface area contributed by atoms with Gasteiger partial charge in [0.1, 0.15) is 0 Å². The highest BCUT2D eigenvalue weighted by atomic mass is 15.2. The molecule has 2 aromatic heterocycles. The first kappa shape index (κ1) is 17.3. The summed E-state index contributed by atoms with van der Waals surface area (Å²) in [5, 5.41) is 3.95. The Labute approximate surface area is 166 Å². The van der Waals surface area contributed by atoms with E-state index >= 15 is 0 Å². The molecule has 1 fully saturated rings. The predicted octanol–water partition coefficient (Wildman–Crippen LogP) is 5.84. The van der Waals surface area contributed by atoms with E-state index in [1.807, 2.05) is 6.20 Å². The smallest absolute Gasteiger partial charge is 0.153 e. The van der Waals surface area contributed by atoms with Crippen LogP contribution in [0, 0.1) is 13.8 Å². The maximum Gasteiger partial charge on any atom is 0.153 e. The van der Waals surface area contributed by atoms with Gasteiger partial charge in [0.15, 0.2) is 5.82 Å². The van der Waals surface area contributed by atoms with E-state index in [-0.39, 0.29) is 0 Å². The number of hydrogen-bond acceptors (Lipinski definition) is 2. The monoisotopic (exact) mass is 369 g/mol. The average molecular weight is 370 g/mol. The van der Waals surface area contributed by atoms with Crippen LogP contribution in [0.15, 0.2) is 54.7 Å². The van der Waals surface area contributed by atoms with Crippen molar-refractivity contribution in [2.75, 3.05) is 18.0 Å². The Hall–Kier alpha value is -2.81. The number of rotatable bonds is 3. The van der Waals surface area contributed by atoms with Crippen molar-refractivity contribution in [1.29, 1.82) is 0 Å². The molecule has 0 spiro atoms. The van der Waals surface area contributed by atoms with Gasteiger partial charge in [-0.15, -0.1) is 0 Å². The Morgan fingerprint density at radius 2 is 1.68 bits per heavy atom. The van der Waals surface area contributed by atoms with Crippen LogP contribution in [0.2, 0.25) is 0 Å². The van der Waals surface area contributed by atoms with E-state index in [9.17, 15) is 0 Å². The number of aromatic nitrogens is 2. The highest BCUT2D eigenvalue weighted by Gasteiger charge is 2.20. The number of fused-ring (bicyclic) bond motifs is 2. The van der Waals surface area contributed by atoms with Gasteiger partial charge < -0.3 is 9.47 Å². The number of aryl methyl sites for hydroxylation is 1. The molecule has 0 unspecified atom stereocenters. The van der Waals surface area contributed by atoms with Crippen LogP contribution < -0.4 is 4.90 Å². The van der Waals surface area contributed by atoms with E-state index in [0.29, 0.717) is 0 Å². The summed E-state index contributed by atoms with van der Waals surface area (Å²) in [6.07, 6.45) is 5.85. The summed E-state index contributed by atoms with van der Waals surface area (Å²) in [6.45, 7) is 7.61. The standard InChI is InChI=1S/C25H27N3/c1-18-19(2)28(17-20-10-11-21-8-4-5-9-22(21)16-20)24-23(18)12-13-26-25(24)27-14-6-3-7-15-27/h4-5,8-13,16H,3,6-7,14-15,17H2,1-2H3. The van der Waals surface area contributed by atoms with Crippen molar-refractivity contribution in [3.8, 4) is 0 Å². The topological polar surface area (TPSA) is 21.1 Å². The first-order valence-electron chi connectivity index (χ1n) is 10.4. The lowest BCUT2D eigenvalue weighted by Gasteiger charge is -2.28. The molecule has 28 heavy (non-hydrogen) atoms. The Bertz CT molecular complexity index is 1150. The molecule has 0 atom stereocenters. The summed E-state index contributed by atoms with van der Waals surface area (Å²) in [6, 6.07) is 17.6. The third-order valence-electron chi connectivity index (χ3n) is 6.34. The molecule has 1 aliphatic heterocycles. The molecule has 0 saturated carbocycles. The summed E-state index contributed by atoms with van der Waals surface area (Å²) in [5.74, 6) is 1.16. The van der Waals surface area contributed by atoms with Crippen LogP contribution in [-0.4, -0.2) is 22.6 Å². The molecule has 3 heterocycles. The van der Waals surface area contributed by atoms with Crippen molar-refractivity contribution in [1.82, 2.24) is 9.55 Å². The summed E-state index contributed by atoms with van der Waals surface area (Å²) >= 11 is 0. The molecule has 3 nitrogen and oxygen atoms in total. The van der Waals surface area contributed by atoms with Gasteiger partial charge in [-0.2, -0.15) is 0 Å². The molecule has 4 aromatic rings. The SMILES string of the molecule is Cc1c(C)n(Cc2ccc3ccccc3c2)c2c(N3CCCCC3)nccc12. The molecule has 1 saturated heterocycles. The second kappa shape index (κ2) is 6.97. The lowest BCUT2D eigenvalue weighted by molar-refractivity contribution is 0.574. The Balaban J connectivity index is 1.64. The average Bonchev–Trinajstić information content (AvgIpc) is 2.99. The predicted molar refractivity (Wildman–Crippen MR) is 118 cm³/mol. The zero-order valence-electron chi connectivity index (χ0n) is 16.8. The zero-order valence-corrected chi connectivity index (χ0v) is 16.8. The molecular weight excluding hydrogens is 342 g/mol. The van der Waals surface area contributed by atoms with Crippen molar-refractivity contribution >= 4 is 27.5 Å². The van der Waals surface area contributed by atoms with E-state index in [4.69, 9.17) is 4.98 Å². The number of nitrogens with zero attached hydrogens (tertiary/aromatic N) is 3. The highest BCUT2D eigenvalue weighted by Crippen LogP contribution is 2.33. The summed E-state index contributed by atoms with van der Waals surface area (Å²) in [7, 11) is 0. The van der Waals surface area contributed by atoms with Crippen LogP contribution in [0.4, 0.5) is 5.82 Å². The van der Waals surface area contributed by atoms with Crippen LogP contribution in [0.3, 0.4) is 0 Å². The number of pyridine rings is 1. The molecule has 142 valence electrons. The molecule has 0 bridgehead atoms. The maximum absolute atomic E-state index is 4.84. The van der Waals surface area contributed by atoms with Crippen LogP contribution in [-0.2, 0) is 6.54 Å². The van der Waals surface area contributed by atoms with Crippen LogP contribution in [0.25, 0.3) is 21.7 Å². The molecular formula is C25H27N3. The fourth-order valence-corrected chi connectivity index (χ4v) is 4.63. The normalized spacial score (nSPS) is 14.9. The van der Waals surface area contributed by atoms with Crippen molar-refractivity contribution in [2.45, 2.75) is 39.7 Å². The number of piperidine rings is 1. The lowest BCUT2D eigenvalue weighted by atomic mass is 10.1. The highest BCUT2D eigenvalue weighted by molar-refractivity contribution is 5.93. The molecule has 3 heteroatoms. The molecule has 2 aromatic carbocycles. The maximum atomic E-state index is 4.84. The number of hydrogen-bond donors (Lipinski definition) is 0.